The summed E-state index contributed by atoms with van der Waals surface area (Å²) in [7, 11) is -1.88. The fraction of sp³-hybridized carbons (Fsp3) is 0.261. The van der Waals surface area contributed by atoms with Crippen molar-refractivity contribution in [3.8, 4) is 9.88 Å². The van der Waals surface area contributed by atoms with Gasteiger partial charge in [0.05, 0.1) is 16.3 Å². The summed E-state index contributed by atoms with van der Waals surface area (Å²) in [6.07, 6.45) is 1.55. The van der Waals surface area contributed by atoms with Gasteiger partial charge >= 0.3 is 0 Å². The number of aromatic nitrogens is 3. The molecule has 0 unspecified atom stereocenters. The van der Waals surface area contributed by atoms with Crippen LogP contribution in [0.1, 0.15) is 16.3 Å². The molecule has 1 saturated heterocycles. The highest BCUT2D eigenvalue weighted by Gasteiger charge is 2.31. The van der Waals surface area contributed by atoms with Crippen molar-refractivity contribution in [3.05, 3.63) is 64.9 Å². The predicted molar refractivity (Wildman–Crippen MR) is 139 cm³/mol. The zero-order valence-corrected chi connectivity index (χ0v) is 21.7. The number of nitrogens with zero attached hydrogens (tertiary/aromatic N) is 5. The molecule has 5 rings (SSSR count). The summed E-state index contributed by atoms with van der Waals surface area (Å²) < 4.78 is 29.2. The highest BCUT2D eigenvalue weighted by Crippen LogP contribution is 2.30. The van der Waals surface area contributed by atoms with E-state index in [1.807, 2.05) is 41.8 Å². The molecule has 0 spiro atoms. The number of thiazole rings is 1. The number of para-hydroxylation sites is 2. The molecule has 182 valence electrons. The van der Waals surface area contributed by atoms with E-state index in [1.165, 1.54) is 15.6 Å². The van der Waals surface area contributed by atoms with Crippen LogP contribution in [0.25, 0.3) is 9.88 Å². The van der Waals surface area contributed by atoms with Crippen molar-refractivity contribution in [2.45, 2.75) is 11.9 Å². The summed E-state index contributed by atoms with van der Waals surface area (Å²) in [5, 5.41) is 7.61. The molecule has 1 amide bonds. The normalized spacial score (nSPS) is 14.9. The van der Waals surface area contributed by atoms with Crippen LogP contribution in [0.4, 0.5) is 11.4 Å². The maximum Gasteiger partial charge on any atom is 0.275 e. The van der Waals surface area contributed by atoms with E-state index in [-0.39, 0.29) is 10.9 Å². The van der Waals surface area contributed by atoms with Gasteiger partial charge in [-0.25, -0.2) is 18.4 Å². The number of benzene rings is 1. The topological polar surface area (TPSA) is 100 Å². The first kappa shape index (κ1) is 23.7. The Morgan fingerprint density at radius 2 is 1.80 bits per heavy atom. The molecule has 1 aliphatic rings. The van der Waals surface area contributed by atoms with Gasteiger partial charge in [0.25, 0.3) is 15.9 Å². The van der Waals surface area contributed by atoms with Crippen LogP contribution in [0.2, 0.25) is 0 Å². The Balaban J connectivity index is 1.28. The van der Waals surface area contributed by atoms with E-state index in [9.17, 15) is 13.2 Å². The summed E-state index contributed by atoms with van der Waals surface area (Å²) in [6.45, 7) is 3.43. The third-order valence-electron chi connectivity index (χ3n) is 5.89. The third-order valence-corrected chi connectivity index (χ3v) is 9.54. The summed E-state index contributed by atoms with van der Waals surface area (Å²) in [6, 6.07) is 11.5. The van der Waals surface area contributed by atoms with Crippen LogP contribution < -0.4 is 10.2 Å². The Hall–Kier alpha value is -3.06. The van der Waals surface area contributed by atoms with Gasteiger partial charge in [0.15, 0.2) is 5.03 Å². The number of aryl methyl sites for hydroxylation is 2. The van der Waals surface area contributed by atoms with Gasteiger partial charge in [0.1, 0.15) is 16.5 Å². The molecule has 4 aromatic rings. The molecule has 9 nitrogen and oxygen atoms in total. The Kier molecular flexibility index (Phi) is 6.45. The quantitative estimate of drug-likeness (QED) is 0.410. The number of hydrogen-bond donors (Lipinski definition) is 1. The summed E-state index contributed by atoms with van der Waals surface area (Å²) in [5.74, 6) is 0.373. The number of thiophene rings is 1. The number of amides is 1. The van der Waals surface area contributed by atoms with Crippen LogP contribution in [-0.2, 0) is 17.1 Å². The molecule has 1 aliphatic heterocycles. The van der Waals surface area contributed by atoms with E-state index in [1.54, 1.807) is 41.5 Å². The molecular formula is C23H24N6O3S3. The van der Waals surface area contributed by atoms with E-state index in [0.29, 0.717) is 43.4 Å². The Morgan fingerprint density at radius 3 is 2.49 bits per heavy atom. The number of hydrogen-bond acceptors (Lipinski definition) is 8. The first-order chi connectivity index (χ1) is 16.8. The monoisotopic (exact) mass is 528 g/mol. The second kappa shape index (κ2) is 9.53. The molecule has 1 N–H and O–H groups in total. The van der Waals surface area contributed by atoms with Crippen molar-refractivity contribution in [2.24, 2.45) is 7.05 Å². The van der Waals surface area contributed by atoms with Gasteiger partial charge in [-0.15, -0.1) is 22.7 Å². The van der Waals surface area contributed by atoms with Gasteiger partial charge in [-0.05, 0) is 30.5 Å². The zero-order valence-electron chi connectivity index (χ0n) is 19.2. The fourth-order valence-corrected chi connectivity index (χ4v) is 6.95. The fourth-order valence-electron chi connectivity index (χ4n) is 3.89. The van der Waals surface area contributed by atoms with Crippen LogP contribution >= 0.6 is 22.7 Å². The van der Waals surface area contributed by atoms with Crippen molar-refractivity contribution < 1.29 is 13.2 Å². The Morgan fingerprint density at radius 1 is 1.03 bits per heavy atom. The molecular weight excluding hydrogens is 504 g/mol. The molecule has 0 bridgehead atoms. The highest BCUT2D eigenvalue weighted by molar-refractivity contribution is 7.89. The molecule has 1 aromatic carbocycles. The Labute approximate surface area is 211 Å². The number of sulfonamides is 1. The number of carbonyl (C=O) groups excluding carboxylic acids is 1. The highest BCUT2D eigenvalue weighted by atomic mass is 32.2. The van der Waals surface area contributed by atoms with Gasteiger partial charge < -0.3 is 14.8 Å². The van der Waals surface area contributed by atoms with Crippen LogP contribution in [0, 0.1) is 6.92 Å². The van der Waals surface area contributed by atoms with Crippen molar-refractivity contribution in [1.29, 1.82) is 0 Å². The summed E-state index contributed by atoms with van der Waals surface area (Å²) in [4.78, 5) is 24.7. The largest absolute Gasteiger partial charge is 0.367 e. The minimum Gasteiger partial charge on any atom is -0.367 e. The molecule has 0 atom stereocenters. The van der Waals surface area contributed by atoms with Crippen LogP contribution in [0.5, 0.6) is 0 Å². The smallest absolute Gasteiger partial charge is 0.275 e. The van der Waals surface area contributed by atoms with Crippen LogP contribution in [0.3, 0.4) is 0 Å². The second-order valence-electron chi connectivity index (χ2n) is 8.11. The molecule has 0 radical (unpaired) electrons. The number of anilines is 2. The number of rotatable bonds is 6. The van der Waals surface area contributed by atoms with Crippen molar-refractivity contribution >= 4 is 50.0 Å². The second-order valence-corrected chi connectivity index (χ2v) is 11.8. The lowest BCUT2D eigenvalue weighted by Crippen LogP contribution is -2.49. The van der Waals surface area contributed by atoms with E-state index in [4.69, 9.17) is 0 Å². The lowest BCUT2D eigenvalue weighted by atomic mass is 10.2. The number of nitrogens with one attached hydrogen (secondary N) is 1. The molecule has 4 heterocycles. The van der Waals surface area contributed by atoms with Crippen LogP contribution in [0.15, 0.2) is 58.4 Å². The standard InChI is InChI=1S/C23H24N6O3S3/c1-16-24-21(14-27(16)2)35(31,32)29-11-9-28(10-12-29)19-7-4-3-6-17(19)25-22(30)18-15-34-23(26-18)20-8-5-13-33-20/h3-8,13-15H,9-12H2,1-2H3,(H,25,30). The van der Waals surface area contributed by atoms with Crippen molar-refractivity contribution in [3.63, 3.8) is 0 Å². The van der Waals surface area contributed by atoms with Crippen molar-refractivity contribution in [2.75, 3.05) is 36.4 Å². The maximum absolute atomic E-state index is 13.0. The lowest BCUT2D eigenvalue weighted by molar-refractivity contribution is 0.102. The third kappa shape index (κ3) is 4.74. The molecule has 1 fully saturated rings. The number of piperazine rings is 1. The van der Waals surface area contributed by atoms with E-state index >= 15 is 0 Å². The van der Waals surface area contributed by atoms with E-state index < -0.39 is 10.0 Å². The SMILES string of the molecule is Cc1nc(S(=O)(=O)N2CCN(c3ccccc3NC(=O)c3csc(-c4cccs4)n3)CC2)cn1C. The first-order valence-corrected chi connectivity index (χ1v) is 14.2. The number of imidazole rings is 1. The number of carbonyl (C=O) groups is 1. The van der Waals surface area contributed by atoms with Gasteiger partial charge in [-0.3, -0.25) is 4.79 Å². The predicted octanol–water partition coefficient (Wildman–Crippen LogP) is 3.68. The first-order valence-electron chi connectivity index (χ1n) is 11.0. The molecule has 3 aromatic heterocycles. The van der Waals surface area contributed by atoms with Crippen LogP contribution in [-0.4, -0.2) is 59.3 Å². The van der Waals surface area contributed by atoms with E-state index in [2.05, 4.69) is 20.2 Å². The Bertz CT molecular complexity index is 1430. The minimum atomic E-state index is -3.65. The molecule has 35 heavy (non-hydrogen) atoms. The maximum atomic E-state index is 13.0. The minimum absolute atomic E-state index is 0.0730. The van der Waals surface area contributed by atoms with Gasteiger partial charge in [-0.1, -0.05) is 18.2 Å². The lowest BCUT2D eigenvalue weighted by Gasteiger charge is -2.35. The summed E-state index contributed by atoms with van der Waals surface area (Å²) >= 11 is 3.03. The van der Waals surface area contributed by atoms with Gasteiger partial charge in [0.2, 0.25) is 0 Å². The molecule has 12 heteroatoms. The van der Waals surface area contributed by atoms with Crippen molar-refractivity contribution in [1.82, 2.24) is 18.8 Å². The van der Waals surface area contributed by atoms with Gasteiger partial charge in [0, 0.05) is 44.8 Å². The molecule has 0 saturated carbocycles. The average Bonchev–Trinajstić information content (AvgIpc) is 3.61. The van der Waals surface area contributed by atoms with E-state index in [0.717, 1.165) is 15.6 Å². The molecule has 0 aliphatic carbocycles. The zero-order chi connectivity index (χ0) is 24.6. The summed E-state index contributed by atoms with van der Waals surface area (Å²) in [5.41, 5.74) is 1.88. The van der Waals surface area contributed by atoms with Gasteiger partial charge in [-0.2, -0.15) is 4.31 Å². The average molecular weight is 529 g/mol.